The number of aromatic nitrogens is 2. The number of hydrogen-bond donors (Lipinski definition) is 4. The van der Waals surface area contributed by atoms with E-state index >= 15 is 0 Å². The summed E-state index contributed by atoms with van der Waals surface area (Å²) in [5.41, 5.74) is 2.47. The van der Waals surface area contributed by atoms with Crippen molar-refractivity contribution in [1.29, 1.82) is 0 Å². The summed E-state index contributed by atoms with van der Waals surface area (Å²) in [7, 11) is 0. The zero-order chi connectivity index (χ0) is 21.3. The number of carboxylic acid groups (broad SMARTS) is 1. The van der Waals surface area contributed by atoms with Crippen molar-refractivity contribution in [2.75, 3.05) is 5.32 Å². The third-order valence-electron chi connectivity index (χ3n) is 4.72. The zero-order valence-electron chi connectivity index (χ0n) is 16.1. The molecule has 152 valence electrons. The molecule has 0 aliphatic carbocycles. The number of aromatic amines is 2. The smallest absolute Gasteiger partial charge is 0.303 e. The molecule has 8 heteroatoms. The fraction of sp³-hybridized carbons (Fsp3) is 0.136. The van der Waals surface area contributed by atoms with Gasteiger partial charge in [0, 0.05) is 51.3 Å². The Morgan fingerprint density at radius 1 is 1.10 bits per heavy atom. The minimum atomic E-state index is -0.877. The summed E-state index contributed by atoms with van der Waals surface area (Å²) in [4.78, 5) is 42.4. The standard InChI is InChI=1S/C22H19N3O4S/c1-12(26)24-14-3-5-15(6-4-14)30-16-7-8-18-17(10-16)20-13(2-9-19(27)28)11-23-21(20)22(29)25-18/h3-8,10-11,23H,2,9H2,1H3,(H,24,26)(H,25,29)(H,27,28). The first-order valence-corrected chi connectivity index (χ1v) is 10.2. The molecule has 4 rings (SSSR count). The number of aliphatic carboxylic acids is 1. The van der Waals surface area contributed by atoms with Crippen LogP contribution in [0.3, 0.4) is 0 Å². The highest BCUT2D eigenvalue weighted by Crippen LogP contribution is 2.33. The minimum Gasteiger partial charge on any atom is -0.481 e. The van der Waals surface area contributed by atoms with E-state index in [1.807, 2.05) is 42.5 Å². The summed E-state index contributed by atoms with van der Waals surface area (Å²) in [6, 6.07) is 13.3. The summed E-state index contributed by atoms with van der Waals surface area (Å²) >= 11 is 1.56. The Bertz CT molecular complexity index is 1320. The molecule has 0 radical (unpaired) electrons. The normalized spacial score (nSPS) is 11.1. The van der Waals surface area contributed by atoms with Crippen LogP contribution in [-0.4, -0.2) is 27.0 Å². The van der Waals surface area contributed by atoms with E-state index in [0.717, 1.165) is 31.8 Å². The van der Waals surface area contributed by atoms with E-state index in [1.54, 1.807) is 18.0 Å². The molecule has 0 spiro atoms. The molecule has 0 atom stereocenters. The van der Waals surface area contributed by atoms with Gasteiger partial charge in [-0.05, 0) is 54.4 Å². The summed E-state index contributed by atoms with van der Waals surface area (Å²) in [6.07, 6.45) is 2.05. The number of anilines is 1. The lowest BCUT2D eigenvalue weighted by Gasteiger charge is -2.07. The number of H-pyrrole nitrogens is 2. The van der Waals surface area contributed by atoms with Gasteiger partial charge in [-0.1, -0.05) is 11.8 Å². The van der Waals surface area contributed by atoms with E-state index in [9.17, 15) is 14.4 Å². The number of benzene rings is 2. The van der Waals surface area contributed by atoms with Crippen LogP contribution in [0.1, 0.15) is 18.9 Å². The highest BCUT2D eigenvalue weighted by atomic mass is 32.2. The second-order valence-electron chi connectivity index (χ2n) is 6.93. The summed E-state index contributed by atoms with van der Waals surface area (Å²) in [5, 5.41) is 13.4. The van der Waals surface area contributed by atoms with Gasteiger partial charge in [0.05, 0.1) is 0 Å². The number of fused-ring (bicyclic) bond motifs is 3. The van der Waals surface area contributed by atoms with Gasteiger partial charge in [0.2, 0.25) is 5.91 Å². The maximum Gasteiger partial charge on any atom is 0.303 e. The van der Waals surface area contributed by atoms with Crippen LogP contribution in [0.2, 0.25) is 0 Å². The highest BCUT2D eigenvalue weighted by molar-refractivity contribution is 7.99. The second kappa shape index (κ2) is 8.08. The third kappa shape index (κ3) is 4.08. The van der Waals surface area contributed by atoms with Gasteiger partial charge in [-0.25, -0.2) is 0 Å². The van der Waals surface area contributed by atoms with Gasteiger partial charge in [0.1, 0.15) is 5.52 Å². The Kier molecular flexibility index (Phi) is 5.33. The molecule has 4 N–H and O–H groups in total. The van der Waals surface area contributed by atoms with Gasteiger partial charge in [0.15, 0.2) is 0 Å². The van der Waals surface area contributed by atoms with Crippen molar-refractivity contribution in [3.05, 3.63) is 64.6 Å². The van der Waals surface area contributed by atoms with E-state index < -0.39 is 5.97 Å². The Balaban J connectivity index is 1.72. The van der Waals surface area contributed by atoms with Gasteiger partial charge in [-0.3, -0.25) is 14.4 Å². The van der Waals surface area contributed by atoms with Crippen LogP contribution in [0.15, 0.2) is 63.2 Å². The second-order valence-corrected chi connectivity index (χ2v) is 8.07. The molecule has 2 heterocycles. The molecule has 0 unspecified atom stereocenters. The van der Waals surface area contributed by atoms with E-state index in [4.69, 9.17) is 5.11 Å². The number of carbonyl (C=O) groups is 2. The molecule has 1 amide bonds. The Hall–Kier alpha value is -3.52. The first-order valence-electron chi connectivity index (χ1n) is 9.34. The molecule has 0 aliphatic heterocycles. The fourth-order valence-corrected chi connectivity index (χ4v) is 4.28. The molecule has 0 aliphatic rings. The molecular formula is C22H19N3O4S. The average molecular weight is 421 g/mol. The fourth-order valence-electron chi connectivity index (χ4n) is 3.42. The van der Waals surface area contributed by atoms with Gasteiger partial charge in [-0.15, -0.1) is 0 Å². The summed E-state index contributed by atoms with van der Waals surface area (Å²) < 4.78 is 0. The number of carboxylic acids is 1. The molecule has 7 nitrogen and oxygen atoms in total. The van der Waals surface area contributed by atoms with Crippen LogP contribution in [0, 0.1) is 0 Å². The number of hydrogen-bond acceptors (Lipinski definition) is 4. The molecule has 2 aromatic heterocycles. The Morgan fingerprint density at radius 2 is 1.83 bits per heavy atom. The molecule has 0 saturated heterocycles. The lowest BCUT2D eigenvalue weighted by Crippen LogP contribution is -2.06. The predicted molar refractivity (Wildman–Crippen MR) is 117 cm³/mol. The SMILES string of the molecule is CC(=O)Nc1ccc(Sc2ccc3[nH]c(=O)c4[nH]cc(CCC(=O)O)c4c3c2)cc1. The van der Waals surface area contributed by atoms with Gasteiger partial charge < -0.3 is 20.4 Å². The quantitative estimate of drug-likeness (QED) is 0.374. The van der Waals surface area contributed by atoms with Crippen LogP contribution in [-0.2, 0) is 16.0 Å². The van der Waals surface area contributed by atoms with E-state index in [2.05, 4.69) is 15.3 Å². The monoisotopic (exact) mass is 421 g/mol. The van der Waals surface area contributed by atoms with Gasteiger partial charge in [0.25, 0.3) is 5.56 Å². The molecule has 0 bridgehead atoms. The number of pyridine rings is 1. The highest BCUT2D eigenvalue weighted by Gasteiger charge is 2.13. The molecule has 30 heavy (non-hydrogen) atoms. The van der Waals surface area contributed by atoms with E-state index in [0.29, 0.717) is 17.5 Å². The molecule has 2 aromatic carbocycles. The number of nitrogens with one attached hydrogen (secondary N) is 3. The van der Waals surface area contributed by atoms with Crippen LogP contribution in [0.4, 0.5) is 5.69 Å². The van der Waals surface area contributed by atoms with Crippen molar-refractivity contribution in [1.82, 2.24) is 9.97 Å². The van der Waals surface area contributed by atoms with Crippen LogP contribution in [0.5, 0.6) is 0 Å². The van der Waals surface area contributed by atoms with Crippen molar-refractivity contribution in [3.8, 4) is 0 Å². The maximum atomic E-state index is 12.4. The third-order valence-corrected chi connectivity index (χ3v) is 5.71. The van der Waals surface area contributed by atoms with Crippen molar-refractivity contribution in [2.45, 2.75) is 29.6 Å². The van der Waals surface area contributed by atoms with Gasteiger partial charge in [-0.2, -0.15) is 0 Å². The molecule has 0 fully saturated rings. The number of carbonyl (C=O) groups excluding carboxylic acids is 1. The zero-order valence-corrected chi connectivity index (χ0v) is 16.9. The van der Waals surface area contributed by atoms with Crippen LogP contribution in [0.25, 0.3) is 21.8 Å². The number of rotatable bonds is 6. The summed E-state index contributed by atoms with van der Waals surface area (Å²) in [6.45, 7) is 1.47. The first kappa shape index (κ1) is 19.8. The van der Waals surface area contributed by atoms with Crippen LogP contribution < -0.4 is 10.9 Å². The Morgan fingerprint density at radius 3 is 2.53 bits per heavy atom. The first-order chi connectivity index (χ1) is 14.4. The predicted octanol–water partition coefficient (Wildman–Crippen LogP) is 4.14. The van der Waals surface area contributed by atoms with Crippen molar-refractivity contribution in [2.24, 2.45) is 0 Å². The Labute approximate surface area is 175 Å². The molecular weight excluding hydrogens is 402 g/mol. The number of aryl methyl sites for hydroxylation is 1. The van der Waals surface area contributed by atoms with Crippen molar-refractivity contribution < 1.29 is 14.7 Å². The van der Waals surface area contributed by atoms with Crippen molar-refractivity contribution in [3.63, 3.8) is 0 Å². The maximum absolute atomic E-state index is 12.4. The topological polar surface area (TPSA) is 115 Å². The summed E-state index contributed by atoms with van der Waals surface area (Å²) in [5.74, 6) is -0.995. The largest absolute Gasteiger partial charge is 0.481 e. The van der Waals surface area contributed by atoms with E-state index in [-0.39, 0.29) is 17.9 Å². The average Bonchev–Trinajstić information content (AvgIpc) is 3.13. The van der Waals surface area contributed by atoms with Crippen LogP contribution >= 0.6 is 11.8 Å². The molecule has 4 aromatic rings. The molecule has 0 saturated carbocycles. The lowest BCUT2D eigenvalue weighted by molar-refractivity contribution is -0.137. The minimum absolute atomic E-state index is 0.00364. The van der Waals surface area contributed by atoms with Crippen molar-refractivity contribution >= 4 is 51.1 Å². The number of amides is 1. The van der Waals surface area contributed by atoms with Gasteiger partial charge >= 0.3 is 5.97 Å². The lowest BCUT2D eigenvalue weighted by atomic mass is 10.0. The van der Waals surface area contributed by atoms with E-state index in [1.165, 1.54) is 6.92 Å².